The number of aliphatic hydroxyl groups excluding tert-OH is 1. The van der Waals surface area contributed by atoms with Gasteiger partial charge in [0, 0.05) is 23.9 Å². The molecule has 8 heteroatoms. The molecule has 1 aromatic heterocycles. The zero-order chi connectivity index (χ0) is 22.8. The number of hydrogen-bond acceptors (Lipinski definition) is 5. The van der Waals surface area contributed by atoms with Gasteiger partial charge in [-0.15, -0.1) is 0 Å². The van der Waals surface area contributed by atoms with Crippen molar-refractivity contribution in [2.45, 2.75) is 45.3 Å². The predicted molar refractivity (Wildman–Crippen MR) is 122 cm³/mol. The fourth-order valence-electron chi connectivity index (χ4n) is 4.15. The second-order valence-electron chi connectivity index (χ2n) is 8.14. The molecule has 0 unspecified atom stereocenters. The van der Waals surface area contributed by atoms with Crippen molar-refractivity contribution in [2.24, 2.45) is 0 Å². The smallest absolute Gasteiger partial charge is 0.255 e. The van der Waals surface area contributed by atoms with Crippen LogP contribution in [0.2, 0.25) is 5.28 Å². The van der Waals surface area contributed by atoms with E-state index in [4.69, 9.17) is 11.6 Å². The Kier molecular flexibility index (Phi) is 6.39. The second kappa shape index (κ2) is 9.22. The van der Waals surface area contributed by atoms with E-state index in [2.05, 4.69) is 21.4 Å². The summed E-state index contributed by atoms with van der Waals surface area (Å²) in [7, 11) is 0. The van der Waals surface area contributed by atoms with Crippen LogP contribution in [-0.2, 0) is 11.3 Å². The summed E-state index contributed by atoms with van der Waals surface area (Å²) in [5.74, 6) is -0.498. The zero-order valence-electron chi connectivity index (χ0n) is 18.0. The number of carbonyl (C=O) groups excluding carboxylic acids is 2. The minimum atomic E-state index is -0.679. The second-order valence-corrected chi connectivity index (χ2v) is 8.48. The Labute approximate surface area is 191 Å². The van der Waals surface area contributed by atoms with Crippen molar-refractivity contribution in [1.82, 2.24) is 20.2 Å². The number of aromatic nitrogens is 2. The monoisotopic (exact) mass is 452 g/mol. The van der Waals surface area contributed by atoms with Gasteiger partial charge in [0.2, 0.25) is 11.2 Å². The number of halogens is 1. The van der Waals surface area contributed by atoms with Crippen LogP contribution in [0.5, 0.6) is 0 Å². The van der Waals surface area contributed by atoms with Crippen LogP contribution >= 0.6 is 11.6 Å². The summed E-state index contributed by atoms with van der Waals surface area (Å²) in [4.78, 5) is 35.7. The highest BCUT2D eigenvalue weighted by Gasteiger charge is 2.35. The van der Waals surface area contributed by atoms with Crippen LogP contribution in [0.15, 0.2) is 53.8 Å². The number of allylic oxidation sites excluding steroid dienone is 3. The molecule has 1 aromatic carbocycles. The number of benzene rings is 1. The van der Waals surface area contributed by atoms with Crippen LogP contribution in [0.3, 0.4) is 0 Å². The average molecular weight is 453 g/mol. The lowest BCUT2D eigenvalue weighted by atomic mass is 9.94. The van der Waals surface area contributed by atoms with Gasteiger partial charge in [-0.1, -0.05) is 29.9 Å². The molecule has 0 radical (unpaired) electrons. The first-order valence-corrected chi connectivity index (χ1v) is 11.0. The number of rotatable bonds is 6. The van der Waals surface area contributed by atoms with Crippen LogP contribution in [0.4, 0.5) is 0 Å². The molecule has 0 spiro atoms. The molecule has 2 aliphatic rings. The van der Waals surface area contributed by atoms with Crippen LogP contribution in [0.25, 0.3) is 11.3 Å². The Balaban J connectivity index is 1.49. The maximum Gasteiger partial charge on any atom is 0.255 e. The Hall–Kier alpha value is -3.03. The highest BCUT2D eigenvalue weighted by molar-refractivity contribution is 6.28. The van der Waals surface area contributed by atoms with E-state index in [0.29, 0.717) is 17.8 Å². The number of carbonyl (C=O) groups is 2. The zero-order valence-corrected chi connectivity index (χ0v) is 18.8. The van der Waals surface area contributed by atoms with Gasteiger partial charge in [0.15, 0.2) is 0 Å². The molecule has 166 valence electrons. The van der Waals surface area contributed by atoms with Gasteiger partial charge in [-0.25, -0.2) is 9.97 Å². The fraction of sp³-hybridized carbons (Fsp3) is 0.333. The molecule has 4 rings (SSSR count). The first kappa shape index (κ1) is 22.2. The van der Waals surface area contributed by atoms with Crippen molar-refractivity contribution in [3.8, 4) is 11.3 Å². The van der Waals surface area contributed by atoms with Gasteiger partial charge in [-0.05, 0) is 61.6 Å². The largest absolute Gasteiger partial charge is 0.394 e. The van der Waals surface area contributed by atoms with E-state index in [1.165, 1.54) is 0 Å². The molecule has 1 aliphatic carbocycles. The molecule has 0 bridgehead atoms. The number of amides is 2. The number of hydrogen-bond donors (Lipinski definition) is 2. The van der Waals surface area contributed by atoms with Crippen LogP contribution < -0.4 is 5.32 Å². The van der Waals surface area contributed by atoms with E-state index in [0.717, 1.165) is 35.1 Å². The average Bonchev–Trinajstić information content (AvgIpc) is 3.12. The summed E-state index contributed by atoms with van der Waals surface area (Å²) in [5.41, 5.74) is 4.91. The Morgan fingerprint density at radius 3 is 2.88 bits per heavy atom. The van der Waals surface area contributed by atoms with Crippen molar-refractivity contribution in [3.63, 3.8) is 0 Å². The van der Waals surface area contributed by atoms with Gasteiger partial charge in [0.25, 0.3) is 5.91 Å². The van der Waals surface area contributed by atoms with Gasteiger partial charge >= 0.3 is 0 Å². The summed E-state index contributed by atoms with van der Waals surface area (Å²) in [6.45, 7) is 3.87. The molecule has 1 aliphatic heterocycles. The summed E-state index contributed by atoms with van der Waals surface area (Å²) < 4.78 is 0. The van der Waals surface area contributed by atoms with Crippen LogP contribution in [0, 0.1) is 0 Å². The number of nitrogens with zero attached hydrogens (tertiary/aromatic N) is 3. The summed E-state index contributed by atoms with van der Waals surface area (Å²) in [6, 6.07) is 6.13. The molecular weight excluding hydrogens is 428 g/mol. The third-order valence-electron chi connectivity index (χ3n) is 5.97. The summed E-state index contributed by atoms with van der Waals surface area (Å²) in [6.07, 6.45) is 7.38. The van der Waals surface area contributed by atoms with Gasteiger partial charge in [-0.2, -0.15) is 0 Å². The molecule has 32 heavy (non-hydrogen) atoms. The standard InChI is InChI=1S/C24H25ClN4O3/c1-14-4-3-5-16(10-14)21(13-30)27-22(31)15(2)29-12-18-7-6-17(11-19(18)23(29)32)20-8-9-26-24(25)28-20/h4,6-11,15,21,30H,3,5,12-13H2,1-2H3,(H,27,31)/t15-,21-/m1/s1. The molecule has 0 saturated heterocycles. The van der Waals surface area contributed by atoms with Crippen molar-refractivity contribution in [1.29, 1.82) is 0 Å². The van der Waals surface area contributed by atoms with Crippen molar-refractivity contribution in [2.75, 3.05) is 6.61 Å². The molecule has 7 nitrogen and oxygen atoms in total. The maximum atomic E-state index is 13.1. The molecule has 2 heterocycles. The maximum absolute atomic E-state index is 13.1. The van der Waals surface area contributed by atoms with Gasteiger partial charge in [0.05, 0.1) is 18.3 Å². The van der Waals surface area contributed by atoms with E-state index in [1.807, 2.05) is 25.1 Å². The molecule has 0 saturated carbocycles. The highest BCUT2D eigenvalue weighted by atomic mass is 35.5. The highest BCUT2D eigenvalue weighted by Crippen LogP contribution is 2.29. The number of aliphatic hydroxyl groups is 1. The van der Waals surface area contributed by atoms with Crippen LogP contribution in [-0.4, -0.2) is 50.5 Å². The first-order valence-electron chi connectivity index (χ1n) is 10.6. The predicted octanol–water partition coefficient (Wildman–Crippen LogP) is 3.28. The lowest BCUT2D eigenvalue weighted by Crippen LogP contribution is -2.49. The van der Waals surface area contributed by atoms with Crippen molar-refractivity contribution < 1.29 is 14.7 Å². The number of fused-ring (bicyclic) bond motifs is 1. The minimum Gasteiger partial charge on any atom is -0.394 e. The topological polar surface area (TPSA) is 95.4 Å². The van der Waals surface area contributed by atoms with Crippen LogP contribution in [0.1, 0.15) is 42.6 Å². The van der Waals surface area contributed by atoms with Crippen molar-refractivity contribution in [3.05, 3.63) is 70.2 Å². The van der Waals surface area contributed by atoms with Crippen molar-refractivity contribution >= 4 is 23.4 Å². The SMILES string of the molecule is CC1=CCCC([C@@H](CO)NC(=O)[C@@H](C)N2Cc3ccc(-c4ccnc(Cl)n4)cc3C2=O)=C1. The van der Waals surface area contributed by atoms with E-state index >= 15 is 0 Å². The Bertz CT molecular complexity index is 1130. The Morgan fingerprint density at radius 1 is 1.34 bits per heavy atom. The summed E-state index contributed by atoms with van der Waals surface area (Å²) >= 11 is 5.89. The molecular formula is C24H25ClN4O3. The minimum absolute atomic E-state index is 0.137. The van der Waals surface area contributed by atoms with E-state index in [-0.39, 0.29) is 23.7 Å². The quantitative estimate of drug-likeness (QED) is 0.656. The molecule has 2 atom stereocenters. The summed E-state index contributed by atoms with van der Waals surface area (Å²) in [5, 5.41) is 12.9. The van der Waals surface area contributed by atoms with Gasteiger partial charge in [-0.3, -0.25) is 9.59 Å². The molecule has 2 amide bonds. The third-order valence-corrected chi connectivity index (χ3v) is 6.15. The Morgan fingerprint density at radius 2 is 2.16 bits per heavy atom. The molecule has 2 aromatic rings. The van der Waals surface area contributed by atoms with E-state index in [9.17, 15) is 14.7 Å². The third kappa shape index (κ3) is 4.45. The number of nitrogens with one attached hydrogen (secondary N) is 1. The first-order chi connectivity index (χ1) is 15.4. The fourth-order valence-corrected chi connectivity index (χ4v) is 4.29. The lowest BCUT2D eigenvalue weighted by molar-refractivity contribution is -0.126. The molecule has 2 N–H and O–H groups in total. The van der Waals surface area contributed by atoms with E-state index in [1.54, 1.807) is 30.2 Å². The van der Waals surface area contributed by atoms with E-state index < -0.39 is 12.1 Å². The van der Waals surface area contributed by atoms with Gasteiger partial charge in [0.1, 0.15) is 6.04 Å². The lowest BCUT2D eigenvalue weighted by Gasteiger charge is -2.27. The normalized spacial score (nSPS) is 17.4. The molecule has 0 fully saturated rings. The van der Waals surface area contributed by atoms with Gasteiger partial charge < -0.3 is 15.3 Å².